The second-order valence-electron chi connectivity index (χ2n) is 17.4. The fraction of sp³-hybridized carbons (Fsp3) is 0.489. The van der Waals surface area contributed by atoms with Crippen molar-refractivity contribution in [3.63, 3.8) is 0 Å². The van der Waals surface area contributed by atoms with Crippen LogP contribution in [0.3, 0.4) is 0 Å². The summed E-state index contributed by atoms with van der Waals surface area (Å²) in [5.41, 5.74) is 7.31. The molecule has 0 N–H and O–H groups in total. The van der Waals surface area contributed by atoms with Crippen LogP contribution in [0.15, 0.2) is 60.7 Å². The van der Waals surface area contributed by atoms with Crippen LogP contribution in [0, 0.1) is 28.6 Å². The van der Waals surface area contributed by atoms with Crippen LogP contribution in [0.4, 0.5) is 36.1 Å². The Labute approximate surface area is 350 Å². The Morgan fingerprint density at radius 3 is 2.18 bits per heavy atom. The molecule has 0 spiro atoms. The number of aromatic nitrogens is 2. The maximum Gasteiger partial charge on any atom is 0.417 e. The average molecular weight is 816 g/mol. The summed E-state index contributed by atoms with van der Waals surface area (Å²) in [6.07, 6.45) is 5.37. The molecule has 0 radical (unpaired) electrons. The van der Waals surface area contributed by atoms with E-state index in [-0.39, 0.29) is 5.56 Å². The number of nitrogens with zero attached hydrogens (tertiary/aromatic N) is 9. The number of amides is 1. The maximum absolute atomic E-state index is 13.6. The van der Waals surface area contributed by atoms with Crippen molar-refractivity contribution in [2.45, 2.75) is 82.5 Å². The monoisotopic (exact) mass is 815 g/mol. The highest BCUT2D eigenvalue weighted by atomic mass is 19.4. The Bertz CT molecular complexity index is 2270. The molecule has 0 unspecified atom stereocenters. The van der Waals surface area contributed by atoms with E-state index >= 15 is 0 Å². The van der Waals surface area contributed by atoms with E-state index in [0.717, 1.165) is 108 Å². The predicted molar refractivity (Wildman–Crippen MR) is 225 cm³/mol. The van der Waals surface area contributed by atoms with Crippen LogP contribution in [-0.2, 0) is 30.4 Å². The highest BCUT2D eigenvalue weighted by Gasteiger charge is 2.36. The summed E-state index contributed by atoms with van der Waals surface area (Å²) in [5.74, 6) is 2.01. The standard InChI is InChI=1S/C47H52F3N9O/c48-47(49,50)43-27-41(9-6-38(43)29-52)57-24-13-36(14-25-57)35-4-7-39(8-5-35)56-22-11-33(12-23-56)30-54-19-15-40(16-20-54)59-45-17-21-55(32-60)31-42(45)46(53-59)58-18-1-2-37-26-34(28-51)3-10-44(37)58/h3-10,26-27,32-33,36,40H,1-2,11-25,30-31H2. The van der Waals surface area contributed by atoms with E-state index in [1.807, 2.05) is 21.9 Å². The number of halogens is 3. The van der Waals surface area contributed by atoms with E-state index in [2.05, 4.69) is 55.8 Å². The minimum Gasteiger partial charge on any atom is -0.372 e. The van der Waals surface area contributed by atoms with Gasteiger partial charge in [0.2, 0.25) is 6.41 Å². The number of alkyl halides is 3. The molecule has 312 valence electrons. The third kappa shape index (κ3) is 8.04. The SMILES string of the molecule is N#Cc1ccc2c(c1)CCCN2c1nn(C2CCN(CC3CCN(c4ccc(C5CCN(c6ccc(C#N)c(C(F)(F)F)c6)CC5)cc4)CC3)CC2)c2c1CN(C=O)CC2. The number of fused-ring (bicyclic) bond motifs is 2. The lowest BCUT2D eigenvalue weighted by molar-refractivity contribution is -0.137. The largest absolute Gasteiger partial charge is 0.417 e. The van der Waals surface area contributed by atoms with Gasteiger partial charge in [-0.1, -0.05) is 12.1 Å². The van der Waals surface area contributed by atoms with Crippen molar-refractivity contribution < 1.29 is 18.0 Å². The number of likely N-dealkylation sites (tertiary alicyclic amines) is 1. The van der Waals surface area contributed by atoms with Crippen LogP contribution in [0.1, 0.15) is 96.0 Å². The van der Waals surface area contributed by atoms with Crippen LogP contribution in [-0.4, -0.2) is 84.9 Å². The number of aryl methyl sites for hydroxylation is 1. The summed E-state index contributed by atoms with van der Waals surface area (Å²) >= 11 is 0. The van der Waals surface area contributed by atoms with E-state index in [4.69, 9.17) is 10.4 Å². The number of carbonyl (C=O) groups is 1. The number of hydrogen-bond donors (Lipinski definition) is 0. The lowest BCUT2D eigenvalue weighted by Crippen LogP contribution is -2.42. The molecule has 9 rings (SSSR count). The zero-order valence-corrected chi connectivity index (χ0v) is 34.1. The van der Waals surface area contributed by atoms with Gasteiger partial charge < -0.3 is 24.5 Å². The van der Waals surface area contributed by atoms with Crippen molar-refractivity contribution in [3.8, 4) is 12.1 Å². The Kier molecular flexibility index (Phi) is 11.2. The van der Waals surface area contributed by atoms with Crippen LogP contribution in [0.2, 0.25) is 0 Å². The van der Waals surface area contributed by atoms with Gasteiger partial charge in [-0.2, -0.15) is 28.8 Å². The van der Waals surface area contributed by atoms with Crippen LogP contribution in [0.25, 0.3) is 0 Å². The molecular weight excluding hydrogens is 764 g/mol. The molecule has 60 heavy (non-hydrogen) atoms. The summed E-state index contributed by atoms with van der Waals surface area (Å²) in [4.78, 5) is 23.2. The number of benzene rings is 3. The van der Waals surface area contributed by atoms with Crippen molar-refractivity contribution >= 4 is 29.3 Å². The molecule has 10 nitrogen and oxygen atoms in total. The van der Waals surface area contributed by atoms with Crippen LogP contribution in [0.5, 0.6) is 0 Å². The fourth-order valence-corrected chi connectivity index (χ4v) is 10.5. The Morgan fingerprint density at radius 1 is 0.767 bits per heavy atom. The van der Waals surface area contributed by atoms with Gasteiger partial charge in [0.1, 0.15) is 0 Å². The van der Waals surface area contributed by atoms with Gasteiger partial charge in [0.05, 0.1) is 41.4 Å². The average Bonchev–Trinajstić information content (AvgIpc) is 3.67. The van der Waals surface area contributed by atoms with Gasteiger partial charge in [0, 0.05) is 93.6 Å². The highest BCUT2D eigenvalue weighted by Crippen LogP contribution is 2.41. The van der Waals surface area contributed by atoms with E-state index < -0.39 is 11.7 Å². The van der Waals surface area contributed by atoms with Gasteiger partial charge in [-0.3, -0.25) is 9.48 Å². The fourth-order valence-electron chi connectivity index (χ4n) is 10.5. The summed E-state index contributed by atoms with van der Waals surface area (Å²) < 4.78 is 43.0. The number of carbonyl (C=O) groups excluding carboxylic acids is 1. The first kappa shape index (κ1) is 39.9. The number of nitriles is 2. The summed E-state index contributed by atoms with van der Waals surface area (Å²) in [5, 5.41) is 24.0. The third-order valence-electron chi connectivity index (χ3n) is 13.9. The second kappa shape index (κ2) is 16.8. The molecule has 0 saturated carbocycles. The van der Waals surface area contributed by atoms with Gasteiger partial charge in [0.15, 0.2) is 5.82 Å². The molecule has 3 fully saturated rings. The predicted octanol–water partition coefficient (Wildman–Crippen LogP) is 8.18. The molecule has 6 heterocycles. The van der Waals surface area contributed by atoms with Crippen molar-refractivity contribution in [3.05, 3.63) is 99.7 Å². The second-order valence-corrected chi connectivity index (χ2v) is 17.4. The first-order valence-electron chi connectivity index (χ1n) is 21.7. The molecule has 0 atom stereocenters. The van der Waals surface area contributed by atoms with Crippen LogP contribution >= 0.6 is 0 Å². The zero-order valence-electron chi connectivity index (χ0n) is 34.1. The van der Waals surface area contributed by atoms with Crippen molar-refractivity contribution in [1.29, 1.82) is 10.5 Å². The zero-order chi connectivity index (χ0) is 41.4. The lowest BCUT2D eigenvalue weighted by Gasteiger charge is -2.39. The minimum atomic E-state index is -4.55. The van der Waals surface area contributed by atoms with Gasteiger partial charge in [0.25, 0.3) is 0 Å². The first-order valence-corrected chi connectivity index (χ1v) is 21.7. The number of rotatable bonds is 8. The van der Waals surface area contributed by atoms with Gasteiger partial charge in [-0.25, -0.2) is 0 Å². The molecule has 5 aliphatic heterocycles. The Hall–Kier alpha value is -5.53. The molecule has 1 amide bonds. The van der Waals surface area contributed by atoms with E-state index in [0.29, 0.717) is 55.3 Å². The normalized spacial score (nSPS) is 19.8. The van der Waals surface area contributed by atoms with Crippen molar-refractivity contribution in [2.75, 3.05) is 73.6 Å². The molecule has 1 aromatic heterocycles. The number of piperidine rings is 3. The maximum atomic E-state index is 13.6. The topological polar surface area (TPSA) is 98.7 Å². The third-order valence-corrected chi connectivity index (χ3v) is 13.9. The summed E-state index contributed by atoms with van der Waals surface area (Å²) in [6, 6.07) is 23.3. The lowest BCUT2D eigenvalue weighted by atomic mass is 9.88. The molecule has 4 aromatic rings. The molecule has 0 bridgehead atoms. The molecular formula is C47H52F3N9O. The van der Waals surface area contributed by atoms with Gasteiger partial charge >= 0.3 is 6.18 Å². The molecule has 3 aromatic carbocycles. The summed E-state index contributed by atoms with van der Waals surface area (Å²) in [6.45, 7) is 8.85. The quantitative estimate of drug-likeness (QED) is 0.164. The molecule has 13 heteroatoms. The van der Waals surface area contributed by atoms with Gasteiger partial charge in [-0.15, -0.1) is 0 Å². The minimum absolute atomic E-state index is 0.336. The van der Waals surface area contributed by atoms with E-state index in [9.17, 15) is 23.2 Å². The summed E-state index contributed by atoms with van der Waals surface area (Å²) in [7, 11) is 0. The molecule has 3 saturated heterocycles. The molecule has 5 aliphatic rings. The van der Waals surface area contributed by atoms with E-state index in [1.165, 1.54) is 47.0 Å². The molecule has 0 aliphatic carbocycles. The van der Waals surface area contributed by atoms with Crippen LogP contribution < -0.4 is 14.7 Å². The highest BCUT2D eigenvalue weighted by molar-refractivity contribution is 5.70. The van der Waals surface area contributed by atoms with Crippen molar-refractivity contribution in [1.82, 2.24) is 19.6 Å². The van der Waals surface area contributed by atoms with E-state index in [1.54, 1.807) is 12.1 Å². The first-order chi connectivity index (χ1) is 29.2. The Balaban J connectivity index is 0.767. The number of anilines is 4. The van der Waals surface area contributed by atoms with Crippen molar-refractivity contribution in [2.24, 2.45) is 5.92 Å². The number of hydrogen-bond acceptors (Lipinski definition) is 8. The Morgan fingerprint density at radius 2 is 1.48 bits per heavy atom. The smallest absolute Gasteiger partial charge is 0.372 e. The van der Waals surface area contributed by atoms with Gasteiger partial charge in [-0.05, 0) is 123 Å².